The molecular formula is C13H20N2O3S. The van der Waals surface area contributed by atoms with Crippen molar-refractivity contribution < 1.29 is 13.2 Å². The summed E-state index contributed by atoms with van der Waals surface area (Å²) in [6, 6.07) is 1.65. The van der Waals surface area contributed by atoms with E-state index in [9.17, 15) is 13.2 Å². The minimum Gasteiger partial charge on any atom is -0.348 e. The third kappa shape index (κ3) is 2.60. The van der Waals surface area contributed by atoms with Crippen LogP contribution in [0.15, 0.2) is 12.3 Å². The Bertz CT molecular complexity index is 562. The highest BCUT2D eigenvalue weighted by Gasteiger charge is 2.34. The third-order valence-electron chi connectivity index (χ3n) is 3.54. The monoisotopic (exact) mass is 284 g/mol. The minimum absolute atomic E-state index is 0.154. The summed E-state index contributed by atoms with van der Waals surface area (Å²) in [7, 11) is -3.20. The highest BCUT2D eigenvalue weighted by molar-refractivity contribution is 7.89. The Hall–Kier alpha value is -1.14. The van der Waals surface area contributed by atoms with Crippen LogP contribution in [-0.4, -0.2) is 35.9 Å². The quantitative estimate of drug-likeness (QED) is 0.775. The predicted octanol–water partition coefficient (Wildman–Crippen LogP) is 1.81. The molecule has 2 heterocycles. The maximum atomic E-state index is 12.3. The van der Waals surface area contributed by atoms with Crippen LogP contribution in [0.5, 0.6) is 0 Å². The summed E-state index contributed by atoms with van der Waals surface area (Å²) in [5.74, 6) is 0.185. The Morgan fingerprint density at radius 3 is 2.68 bits per heavy atom. The van der Waals surface area contributed by atoms with Crippen LogP contribution in [0, 0.1) is 0 Å². The highest BCUT2D eigenvalue weighted by atomic mass is 32.2. The van der Waals surface area contributed by atoms with Gasteiger partial charge in [-0.2, -0.15) is 4.31 Å². The molecule has 0 fully saturated rings. The van der Waals surface area contributed by atoms with E-state index in [-0.39, 0.29) is 11.8 Å². The summed E-state index contributed by atoms with van der Waals surface area (Å²) in [4.78, 5) is 10.9. The Kier molecular flexibility index (Phi) is 4.10. The maximum Gasteiger partial charge on any atom is 0.214 e. The SMILES string of the molecule is CCCS(=O)(=O)N1CCn2cc(C=O)cc2C1CC. The molecule has 0 bridgehead atoms. The number of aromatic nitrogens is 1. The van der Waals surface area contributed by atoms with E-state index >= 15 is 0 Å². The lowest BCUT2D eigenvalue weighted by atomic mass is 10.1. The van der Waals surface area contributed by atoms with Crippen molar-refractivity contribution in [2.45, 2.75) is 39.3 Å². The normalized spacial score (nSPS) is 20.2. The molecule has 1 aromatic rings. The standard InChI is InChI=1S/C13H20N2O3S/c1-3-7-19(17,18)15-6-5-14-9-11(10-16)8-13(14)12(15)4-2/h8-10,12H,3-7H2,1-2H3. The largest absolute Gasteiger partial charge is 0.348 e. The van der Waals surface area contributed by atoms with E-state index in [2.05, 4.69) is 0 Å². The van der Waals surface area contributed by atoms with Crippen LogP contribution in [0.2, 0.25) is 0 Å². The second-order valence-corrected chi connectivity index (χ2v) is 6.90. The first-order valence-electron chi connectivity index (χ1n) is 6.68. The fraction of sp³-hybridized carbons (Fsp3) is 0.615. The highest BCUT2D eigenvalue weighted by Crippen LogP contribution is 2.32. The van der Waals surface area contributed by atoms with Crippen LogP contribution < -0.4 is 0 Å². The second-order valence-electron chi connectivity index (χ2n) is 4.86. The van der Waals surface area contributed by atoms with Crippen molar-refractivity contribution >= 4 is 16.3 Å². The molecule has 0 saturated heterocycles. The molecule has 5 nitrogen and oxygen atoms in total. The first kappa shape index (κ1) is 14.3. The van der Waals surface area contributed by atoms with Gasteiger partial charge in [-0.05, 0) is 18.9 Å². The Morgan fingerprint density at radius 2 is 2.11 bits per heavy atom. The van der Waals surface area contributed by atoms with Crippen molar-refractivity contribution in [2.75, 3.05) is 12.3 Å². The topological polar surface area (TPSA) is 59.4 Å². The smallest absolute Gasteiger partial charge is 0.214 e. The van der Waals surface area contributed by atoms with Crippen LogP contribution in [0.1, 0.15) is 48.8 Å². The van der Waals surface area contributed by atoms with E-state index in [1.807, 2.05) is 18.4 Å². The van der Waals surface area contributed by atoms with Gasteiger partial charge in [-0.25, -0.2) is 8.42 Å². The molecule has 106 valence electrons. The van der Waals surface area contributed by atoms with Gasteiger partial charge in [-0.15, -0.1) is 0 Å². The molecule has 1 aliphatic rings. The van der Waals surface area contributed by atoms with E-state index in [1.165, 1.54) is 0 Å². The van der Waals surface area contributed by atoms with Crippen molar-refractivity contribution in [3.8, 4) is 0 Å². The van der Waals surface area contributed by atoms with Crippen molar-refractivity contribution in [3.63, 3.8) is 0 Å². The lowest BCUT2D eigenvalue weighted by molar-refractivity contribution is 0.112. The van der Waals surface area contributed by atoms with Crippen LogP contribution in [0.4, 0.5) is 0 Å². The van der Waals surface area contributed by atoms with Crippen molar-refractivity contribution in [1.82, 2.24) is 8.87 Å². The number of nitrogens with zero attached hydrogens (tertiary/aromatic N) is 2. The van der Waals surface area contributed by atoms with Gasteiger partial charge in [-0.1, -0.05) is 13.8 Å². The Labute approximate surface area is 114 Å². The van der Waals surface area contributed by atoms with Gasteiger partial charge in [0.05, 0.1) is 11.8 Å². The average Bonchev–Trinajstić information content (AvgIpc) is 2.80. The summed E-state index contributed by atoms with van der Waals surface area (Å²) in [5, 5.41) is 0. The molecular weight excluding hydrogens is 264 g/mol. The van der Waals surface area contributed by atoms with Gasteiger partial charge >= 0.3 is 0 Å². The maximum absolute atomic E-state index is 12.3. The van der Waals surface area contributed by atoms with E-state index in [0.29, 0.717) is 31.5 Å². The first-order chi connectivity index (χ1) is 9.03. The molecule has 0 saturated carbocycles. The summed E-state index contributed by atoms with van der Waals surface area (Å²) in [5.41, 5.74) is 1.54. The number of rotatable bonds is 5. The summed E-state index contributed by atoms with van der Waals surface area (Å²) in [6.07, 6.45) is 3.94. The fourth-order valence-electron chi connectivity index (χ4n) is 2.72. The average molecular weight is 284 g/mol. The molecule has 0 amide bonds. The molecule has 0 N–H and O–H groups in total. The van der Waals surface area contributed by atoms with Gasteiger partial charge in [0, 0.05) is 30.5 Å². The zero-order chi connectivity index (χ0) is 14.0. The van der Waals surface area contributed by atoms with E-state index in [1.54, 1.807) is 16.6 Å². The summed E-state index contributed by atoms with van der Waals surface area (Å²) < 4.78 is 28.2. The lowest BCUT2D eigenvalue weighted by Crippen LogP contribution is -2.42. The number of sulfonamides is 1. The predicted molar refractivity (Wildman–Crippen MR) is 73.6 cm³/mol. The van der Waals surface area contributed by atoms with E-state index in [4.69, 9.17) is 0 Å². The van der Waals surface area contributed by atoms with E-state index in [0.717, 1.165) is 12.0 Å². The second kappa shape index (κ2) is 5.46. The van der Waals surface area contributed by atoms with Crippen LogP contribution in [-0.2, 0) is 16.6 Å². The molecule has 19 heavy (non-hydrogen) atoms. The van der Waals surface area contributed by atoms with Gasteiger partial charge in [0.25, 0.3) is 0 Å². The summed E-state index contributed by atoms with van der Waals surface area (Å²) in [6.45, 7) is 4.95. The molecule has 6 heteroatoms. The lowest BCUT2D eigenvalue weighted by Gasteiger charge is -2.35. The number of carbonyl (C=O) groups excluding carboxylic acids is 1. The molecule has 0 aromatic carbocycles. The Morgan fingerprint density at radius 1 is 1.37 bits per heavy atom. The van der Waals surface area contributed by atoms with Crippen LogP contribution in [0.3, 0.4) is 0 Å². The molecule has 1 unspecified atom stereocenters. The van der Waals surface area contributed by atoms with Gasteiger partial charge in [0.15, 0.2) is 6.29 Å². The molecule has 0 aliphatic carbocycles. The minimum atomic E-state index is -3.20. The molecule has 2 rings (SSSR count). The number of carbonyl (C=O) groups is 1. The molecule has 1 aliphatic heterocycles. The van der Waals surface area contributed by atoms with Gasteiger partial charge < -0.3 is 4.57 Å². The number of hydrogen-bond acceptors (Lipinski definition) is 3. The van der Waals surface area contributed by atoms with Crippen molar-refractivity contribution in [3.05, 3.63) is 23.5 Å². The van der Waals surface area contributed by atoms with Crippen molar-refractivity contribution in [2.24, 2.45) is 0 Å². The molecule has 0 spiro atoms. The zero-order valence-electron chi connectivity index (χ0n) is 11.4. The number of aldehydes is 1. The molecule has 1 aromatic heterocycles. The number of fused-ring (bicyclic) bond motifs is 1. The Balaban J connectivity index is 2.38. The van der Waals surface area contributed by atoms with E-state index < -0.39 is 10.0 Å². The van der Waals surface area contributed by atoms with Crippen LogP contribution >= 0.6 is 0 Å². The van der Waals surface area contributed by atoms with Gasteiger partial charge in [0.2, 0.25) is 10.0 Å². The van der Waals surface area contributed by atoms with Crippen molar-refractivity contribution in [1.29, 1.82) is 0 Å². The first-order valence-corrected chi connectivity index (χ1v) is 8.29. The third-order valence-corrected chi connectivity index (χ3v) is 5.62. The zero-order valence-corrected chi connectivity index (χ0v) is 12.2. The fourth-order valence-corrected chi connectivity index (χ4v) is 4.48. The molecule has 1 atom stereocenters. The number of hydrogen-bond donors (Lipinski definition) is 0. The van der Waals surface area contributed by atoms with Crippen LogP contribution in [0.25, 0.3) is 0 Å². The molecule has 0 radical (unpaired) electrons. The summed E-state index contributed by atoms with van der Waals surface area (Å²) >= 11 is 0. The van der Waals surface area contributed by atoms with Gasteiger partial charge in [0.1, 0.15) is 0 Å². The van der Waals surface area contributed by atoms with Gasteiger partial charge in [-0.3, -0.25) is 4.79 Å².